The van der Waals surface area contributed by atoms with Gasteiger partial charge in [0, 0.05) is 0 Å². The average Bonchev–Trinajstić information content (AvgIpc) is 3.03. The van der Waals surface area contributed by atoms with Crippen LogP contribution in [0.3, 0.4) is 0 Å². The van der Waals surface area contributed by atoms with Gasteiger partial charge in [0.1, 0.15) is 11.9 Å². The summed E-state index contributed by atoms with van der Waals surface area (Å²) in [6.45, 7) is 2.50. The maximum absolute atomic E-state index is 10.8. The minimum atomic E-state index is -3.99. The van der Waals surface area contributed by atoms with Gasteiger partial charge in [-0.05, 0) is 38.5 Å². The summed E-state index contributed by atoms with van der Waals surface area (Å²) in [4.78, 5) is 0. The molecule has 2 atom stereocenters. The van der Waals surface area contributed by atoms with E-state index in [1.807, 2.05) is 0 Å². The molecule has 1 saturated heterocycles. The van der Waals surface area contributed by atoms with E-state index in [4.69, 9.17) is 14.0 Å². The van der Waals surface area contributed by atoms with Gasteiger partial charge >= 0.3 is 0 Å². The van der Waals surface area contributed by atoms with Crippen LogP contribution < -0.4 is 0 Å². The molecule has 0 saturated carbocycles. The maximum Gasteiger partial charge on any atom is 0.267 e. The summed E-state index contributed by atoms with van der Waals surface area (Å²) in [5.41, 5.74) is 0. The molecule has 0 aliphatic carbocycles. The van der Waals surface area contributed by atoms with Crippen molar-refractivity contribution in [2.45, 2.75) is 109 Å². The zero-order chi connectivity index (χ0) is 19.8. The van der Waals surface area contributed by atoms with E-state index < -0.39 is 16.2 Å². The summed E-state index contributed by atoms with van der Waals surface area (Å²) in [5.74, 6) is -0.379. The van der Waals surface area contributed by atoms with Crippen molar-refractivity contribution in [3.63, 3.8) is 0 Å². The predicted octanol–water partition coefficient (Wildman–Crippen LogP) is 5.65. The lowest BCUT2D eigenvalue weighted by Gasteiger charge is -2.10. The molecule has 1 rings (SSSR count). The zero-order valence-corrected chi connectivity index (χ0v) is 17.9. The summed E-state index contributed by atoms with van der Waals surface area (Å²) in [7, 11) is -3.99. The SMILES string of the molecule is CCCCCCCCC=CCCCCCCCC1OCC(CS(=O)(=O)O)O1. The zero-order valence-electron chi connectivity index (χ0n) is 17.1. The van der Waals surface area contributed by atoms with Crippen LogP contribution in [0.15, 0.2) is 12.2 Å². The summed E-state index contributed by atoms with van der Waals surface area (Å²) < 4.78 is 41.4. The highest BCUT2D eigenvalue weighted by Crippen LogP contribution is 2.19. The lowest BCUT2D eigenvalue weighted by Crippen LogP contribution is -2.23. The molecule has 0 amide bonds. The van der Waals surface area contributed by atoms with Gasteiger partial charge in [-0.1, -0.05) is 70.4 Å². The Kier molecular flexibility index (Phi) is 14.1. The fourth-order valence-corrected chi connectivity index (χ4v) is 4.01. The van der Waals surface area contributed by atoms with Crippen molar-refractivity contribution in [1.29, 1.82) is 0 Å². The van der Waals surface area contributed by atoms with Crippen molar-refractivity contribution < 1.29 is 22.4 Å². The van der Waals surface area contributed by atoms with E-state index in [9.17, 15) is 8.42 Å². The van der Waals surface area contributed by atoms with Crippen LogP contribution >= 0.6 is 0 Å². The van der Waals surface area contributed by atoms with Crippen molar-refractivity contribution in [2.24, 2.45) is 0 Å². The van der Waals surface area contributed by atoms with Crippen LogP contribution in [0, 0.1) is 0 Å². The molecule has 27 heavy (non-hydrogen) atoms. The second-order valence-corrected chi connectivity index (χ2v) is 9.14. The Hall–Kier alpha value is -0.430. The molecule has 1 fully saturated rings. The van der Waals surface area contributed by atoms with Gasteiger partial charge in [0.25, 0.3) is 10.1 Å². The number of ether oxygens (including phenoxy) is 2. The Morgan fingerprint density at radius 2 is 1.44 bits per heavy atom. The van der Waals surface area contributed by atoms with E-state index in [1.54, 1.807) is 0 Å². The van der Waals surface area contributed by atoms with Gasteiger partial charge in [0.15, 0.2) is 6.29 Å². The topological polar surface area (TPSA) is 72.8 Å². The number of rotatable bonds is 17. The van der Waals surface area contributed by atoms with Gasteiger partial charge in [0.2, 0.25) is 0 Å². The molecule has 0 aromatic carbocycles. The second-order valence-electron chi connectivity index (χ2n) is 7.64. The molecule has 1 N–H and O–H groups in total. The highest BCUT2D eigenvalue weighted by Gasteiger charge is 2.28. The van der Waals surface area contributed by atoms with E-state index in [0.717, 1.165) is 19.3 Å². The van der Waals surface area contributed by atoms with E-state index in [2.05, 4.69) is 19.1 Å². The van der Waals surface area contributed by atoms with E-state index in [-0.39, 0.29) is 18.6 Å². The smallest absolute Gasteiger partial charge is 0.267 e. The van der Waals surface area contributed by atoms with E-state index in [0.29, 0.717) is 0 Å². The third-order valence-electron chi connectivity index (χ3n) is 4.91. The summed E-state index contributed by atoms with van der Waals surface area (Å²) in [6.07, 6.45) is 21.1. The van der Waals surface area contributed by atoms with Crippen LogP contribution in [0.2, 0.25) is 0 Å². The van der Waals surface area contributed by atoms with Crippen molar-refractivity contribution in [2.75, 3.05) is 12.4 Å². The van der Waals surface area contributed by atoms with Crippen LogP contribution in [0.1, 0.15) is 96.8 Å². The largest absolute Gasteiger partial charge is 0.350 e. The molecule has 1 aliphatic heterocycles. The standard InChI is InChI=1S/C21H40O5S/c1-2-3-4-5-6-7-8-9-10-11-12-13-14-15-16-17-21-25-18-20(26-21)19-27(22,23)24/h9-10,20-21H,2-8,11-19H2,1H3,(H,22,23,24). The predicted molar refractivity (Wildman–Crippen MR) is 110 cm³/mol. The number of hydrogen-bond acceptors (Lipinski definition) is 4. The Labute approximate surface area is 166 Å². The minimum absolute atomic E-state index is 0.246. The summed E-state index contributed by atoms with van der Waals surface area (Å²) >= 11 is 0. The molecule has 1 heterocycles. The molecule has 0 bridgehead atoms. The summed E-state index contributed by atoms with van der Waals surface area (Å²) in [6, 6.07) is 0. The molecule has 6 heteroatoms. The van der Waals surface area contributed by atoms with Gasteiger partial charge in [-0.25, -0.2) is 0 Å². The third kappa shape index (κ3) is 15.2. The molecule has 2 unspecified atom stereocenters. The highest BCUT2D eigenvalue weighted by molar-refractivity contribution is 7.85. The van der Waals surface area contributed by atoms with Crippen molar-refractivity contribution in [3.05, 3.63) is 12.2 Å². The van der Waals surface area contributed by atoms with Crippen LogP contribution in [0.4, 0.5) is 0 Å². The van der Waals surface area contributed by atoms with Crippen molar-refractivity contribution in [1.82, 2.24) is 0 Å². The van der Waals surface area contributed by atoms with Crippen LogP contribution in [0.25, 0.3) is 0 Å². The van der Waals surface area contributed by atoms with Gasteiger partial charge in [-0.15, -0.1) is 0 Å². The Morgan fingerprint density at radius 3 is 2.04 bits per heavy atom. The van der Waals surface area contributed by atoms with Gasteiger partial charge < -0.3 is 9.47 Å². The first-order chi connectivity index (χ1) is 13.0. The number of unbranched alkanes of at least 4 members (excludes halogenated alkanes) is 11. The maximum atomic E-state index is 10.8. The number of allylic oxidation sites excluding steroid dienone is 2. The van der Waals surface area contributed by atoms with Gasteiger partial charge in [0.05, 0.1) is 6.61 Å². The van der Waals surface area contributed by atoms with E-state index >= 15 is 0 Å². The molecule has 0 radical (unpaired) electrons. The molecule has 0 spiro atoms. The fourth-order valence-electron chi connectivity index (χ4n) is 3.36. The first-order valence-corrected chi connectivity index (χ1v) is 12.5. The number of hydrogen-bond donors (Lipinski definition) is 1. The average molecular weight is 405 g/mol. The van der Waals surface area contributed by atoms with Gasteiger partial charge in [-0.3, -0.25) is 4.55 Å². The van der Waals surface area contributed by atoms with Crippen molar-refractivity contribution in [3.8, 4) is 0 Å². The quantitative estimate of drug-likeness (QED) is 0.192. The summed E-state index contributed by atoms with van der Waals surface area (Å²) in [5, 5.41) is 0. The highest BCUT2D eigenvalue weighted by atomic mass is 32.2. The Bertz CT molecular complexity index is 475. The molecule has 160 valence electrons. The van der Waals surface area contributed by atoms with Crippen molar-refractivity contribution >= 4 is 10.1 Å². The fraction of sp³-hybridized carbons (Fsp3) is 0.905. The third-order valence-corrected chi connectivity index (χ3v) is 5.70. The van der Waals surface area contributed by atoms with Gasteiger partial charge in [-0.2, -0.15) is 8.42 Å². The first kappa shape index (κ1) is 24.6. The molecule has 1 aliphatic rings. The molecular weight excluding hydrogens is 364 g/mol. The Balaban J connectivity index is 1.84. The van der Waals surface area contributed by atoms with E-state index in [1.165, 1.54) is 70.6 Å². The van der Waals surface area contributed by atoms with Crippen LogP contribution in [-0.4, -0.2) is 37.7 Å². The normalized spacial score (nSPS) is 20.7. The minimum Gasteiger partial charge on any atom is -0.350 e. The monoisotopic (exact) mass is 404 g/mol. The Morgan fingerprint density at radius 1 is 0.889 bits per heavy atom. The molecular formula is C21H40O5S. The molecule has 5 nitrogen and oxygen atoms in total. The molecule has 0 aromatic rings. The molecule has 0 aromatic heterocycles. The second kappa shape index (κ2) is 15.5. The lowest BCUT2D eigenvalue weighted by molar-refractivity contribution is -0.0600. The van der Waals surface area contributed by atoms with Crippen LogP contribution in [0.5, 0.6) is 0 Å². The van der Waals surface area contributed by atoms with Crippen LogP contribution in [-0.2, 0) is 19.6 Å². The lowest BCUT2D eigenvalue weighted by atomic mass is 10.1. The first-order valence-electron chi connectivity index (χ1n) is 10.9.